The zero-order valence-corrected chi connectivity index (χ0v) is 6.52. The molecule has 2 nitrogen and oxygen atoms in total. The van der Waals surface area contributed by atoms with E-state index in [0.29, 0.717) is 11.5 Å². The third-order valence-corrected chi connectivity index (χ3v) is 2.43. The second-order valence-electron chi connectivity index (χ2n) is 2.16. The molecule has 1 aliphatic rings. The van der Waals surface area contributed by atoms with Gasteiger partial charge in [0, 0.05) is 6.07 Å². The Labute approximate surface area is 68.3 Å². The van der Waals surface area contributed by atoms with Crippen molar-refractivity contribution in [2.45, 2.75) is 0 Å². The van der Waals surface area contributed by atoms with Crippen LogP contribution in [-0.4, -0.2) is 6.61 Å². The molecule has 0 saturated heterocycles. The molecule has 0 atom stereocenters. The van der Waals surface area contributed by atoms with Gasteiger partial charge >= 0.3 is 0 Å². The first-order valence-electron chi connectivity index (χ1n) is 3.23. The SMILES string of the molecule is N#Cc1cc2c(s1)C=CCO2. The predicted octanol–water partition coefficient (Wildman–Crippen LogP) is 2.03. The molecule has 0 spiro atoms. The smallest absolute Gasteiger partial charge is 0.139 e. The summed E-state index contributed by atoms with van der Waals surface area (Å²) >= 11 is 1.46. The van der Waals surface area contributed by atoms with Crippen LogP contribution in [0.15, 0.2) is 12.1 Å². The maximum atomic E-state index is 8.57. The van der Waals surface area contributed by atoms with Crippen molar-refractivity contribution >= 4 is 17.4 Å². The van der Waals surface area contributed by atoms with Crippen LogP contribution in [0.1, 0.15) is 9.75 Å². The molecule has 0 radical (unpaired) electrons. The molecular weight excluding hydrogens is 158 g/mol. The minimum Gasteiger partial charge on any atom is -0.488 e. The Bertz CT molecular complexity index is 345. The Hall–Kier alpha value is -1.27. The Morgan fingerprint density at radius 3 is 3.27 bits per heavy atom. The normalized spacial score (nSPS) is 13.4. The van der Waals surface area contributed by atoms with E-state index in [1.165, 1.54) is 11.3 Å². The Morgan fingerprint density at radius 2 is 2.55 bits per heavy atom. The van der Waals surface area contributed by atoms with Gasteiger partial charge in [-0.25, -0.2) is 0 Å². The van der Waals surface area contributed by atoms with Crippen molar-refractivity contribution in [1.82, 2.24) is 0 Å². The highest BCUT2D eigenvalue weighted by Gasteiger charge is 2.09. The van der Waals surface area contributed by atoms with Gasteiger partial charge in [0.05, 0.1) is 4.88 Å². The summed E-state index contributed by atoms with van der Waals surface area (Å²) in [5.74, 6) is 0.842. The number of rotatable bonds is 0. The molecule has 3 heteroatoms. The lowest BCUT2D eigenvalue weighted by atomic mass is 10.3. The van der Waals surface area contributed by atoms with Crippen molar-refractivity contribution in [1.29, 1.82) is 5.26 Å². The molecule has 0 bridgehead atoms. The molecule has 1 aromatic rings. The van der Waals surface area contributed by atoms with Crippen LogP contribution in [0.5, 0.6) is 5.75 Å². The van der Waals surface area contributed by atoms with Crippen molar-refractivity contribution < 1.29 is 4.74 Å². The number of fused-ring (bicyclic) bond motifs is 1. The molecule has 0 aliphatic carbocycles. The quantitative estimate of drug-likeness (QED) is 0.586. The van der Waals surface area contributed by atoms with Crippen LogP contribution in [-0.2, 0) is 0 Å². The molecule has 54 valence electrons. The average Bonchev–Trinajstić information content (AvgIpc) is 2.46. The third kappa shape index (κ3) is 1.02. The highest BCUT2D eigenvalue weighted by molar-refractivity contribution is 7.13. The van der Waals surface area contributed by atoms with Crippen LogP contribution in [0.2, 0.25) is 0 Å². The molecule has 0 amide bonds. The van der Waals surface area contributed by atoms with E-state index >= 15 is 0 Å². The van der Waals surface area contributed by atoms with E-state index in [9.17, 15) is 0 Å². The van der Waals surface area contributed by atoms with Crippen LogP contribution in [0, 0.1) is 11.3 Å². The summed E-state index contributed by atoms with van der Waals surface area (Å²) in [5, 5.41) is 8.57. The van der Waals surface area contributed by atoms with Gasteiger partial charge in [0.1, 0.15) is 23.3 Å². The molecule has 2 heterocycles. The largest absolute Gasteiger partial charge is 0.488 e. The van der Waals surface area contributed by atoms with E-state index in [-0.39, 0.29) is 0 Å². The van der Waals surface area contributed by atoms with Crippen molar-refractivity contribution in [2.75, 3.05) is 6.61 Å². The van der Waals surface area contributed by atoms with Crippen molar-refractivity contribution in [2.24, 2.45) is 0 Å². The molecule has 2 rings (SSSR count). The fourth-order valence-electron chi connectivity index (χ4n) is 0.966. The molecule has 0 aromatic carbocycles. The fraction of sp³-hybridized carbons (Fsp3) is 0.125. The van der Waals surface area contributed by atoms with Gasteiger partial charge in [-0.2, -0.15) is 5.26 Å². The van der Waals surface area contributed by atoms with Crippen molar-refractivity contribution in [3.63, 3.8) is 0 Å². The number of nitrogens with zero attached hydrogens (tertiary/aromatic N) is 1. The number of hydrogen-bond donors (Lipinski definition) is 0. The summed E-state index contributed by atoms with van der Waals surface area (Å²) in [7, 11) is 0. The Balaban J connectivity index is 2.52. The highest BCUT2D eigenvalue weighted by Crippen LogP contribution is 2.32. The number of thiophene rings is 1. The van der Waals surface area contributed by atoms with Gasteiger partial charge in [-0.1, -0.05) is 0 Å². The fourth-order valence-corrected chi connectivity index (χ4v) is 1.80. The summed E-state index contributed by atoms with van der Waals surface area (Å²) in [4.78, 5) is 1.76. The Kier molecular flexibility index (Phi) is 1.41. The van der Waals surface area contributed by atoms with Gasteiger partial charge in [0.25, 0.3) is 0 Å². The molecule has 1 aliphatic heterocycles. The monoisotopic (exact) mass is 163 g/mol. The van der Waals surface area contributed by atoms with Crippen molar-refractivity contribution in [3.8, 4) is 11.8 Å². The first-order valence-corrected chi connectivity index (χ1v) is 4.05. The standard InChI is InChI=1S/C8H5NOS/c9-5-6-4-7-8(11-6)2-1-3-10-7/h1-2,4H,3H2. The second-order valence-corrected chi connectivity index (χ2v) is 3.25. The van der Waals surface area contributed by atoms with Gasteiger partial charge in [-0.15, -0.1) is 11.3 Å². The summed E-state index contributed by atoms with van der Waals surface area (Å²) in [5.41, 5.74) is 0. The van der Waals surface area contributed by atoms with Crippen LogP contribution in [0.25, 0.3) is 6.08 Å². The minimum atomic E-state index is 0.620. The molecule has 0 N–H and O–H groups in total. The molecule has 0 fully saturated rings. The predicted molar refractivity (Wildman–Crippen MR) is 43.6 cm³/mol. The zero-order chi connectivity index (χ0) is 7.68. The maximum Gasteiger partial charge on any atom is 0.139 e. The van der Waals surface area contributed by atoms with Crippen LogP contribution in [0.3, 0.4) is 0 Å². The van der Waals surface area contributed by atoms with Gasteiger partial charge in [0.15, 0.2) is 0 Å². The third-order valence-electron chi connectivity index (χ3n) is 1.44. The van der Waals surface area contributed by atoms with E-state index in [1.807, 2.05) is 12.2 Å². The van der Waals surface area contributed by atoms with Gasteiger partial charge in [-0.05, 0) is 12.2 Å². The molecule has 11 heavy (non-hydrogen) atoms. The summed E-state index contributed by atoms with van der Waals surface area (Å²) < 4.78 is 5.28. The summed E-state index contributed by atoms with van der Waals surface area (Å²) in [6, 6.07) is 3.87. The van der Waals surface area contributed by atoms with E-state index < -0.39 is 0 Å². The second kappa shape index (κ2) is 2.40. The zero-order valence-electron chi connectivity index (χ0n) is 5.70. The van der Waals surface area contributed by atoms with Gasteiger partial charge in [0.2, 0.25) is 0 Å². The van der Waals surface area contributed by atoms with Gasteiger partial charge in [-0.3, -0.25) is 0 Å². The number of ether oxygens (including phenoxy) is 1. The Morgan fingerprint density at radius 1 is 1.64 bits per heavy atom. The average molecular weight is 163 g/mol. The van der Waals surface area contributed by atoms with E-state index in [2.05, 4.69) is 6.07 Å². The van der Waals surface area contributed by atoms with Gasteiger partial charge < -0.3 is 4.74 Å². The number of hydrogen-bond acceptors (Lipinski definition) is 3. The first kappa shape index (κ1) is 6.44. The number of nitriles is 1. The van der Waals surface area contributed by atoms with E-state index in [4.69, 9.17) is 10.00 Å². The van der Waals surface area contributed by atoms with Crippen LogP contribution in [0.4, 0.5) is 0 Å². The molecule has 0 saturated carbocycles. The molecular formula is C8H5NOS. The van der Waals surface area contributed by atoms with Crippen LogP contribution >= 0.6 is 11.3 Å². The minimum absolute atomic E-state index is 0.620. The highest BCUT2D eigenvalue weighted by atomic mass is 32.1. The van der Waals surface area contributed by atoms with Crippen LogP contribution < -0.4 is 4.74 Å². The summed E-state index contributed by atoms with van der Waals surface area (Å²) in [6.45, 7) is 0.620. The molecule has 1 aromatic heterocycles. The molecule has 0 unspecified atom stereocenters. The summed E-state index contributed by atoms with van der Waals surface area (Å²) in [6.07, 6.45) is 3.93. The van der Waals surface area contributed by atoms with E-state index in [1.54, 1.807) is 6.07 Å². The topological polar surface area (TPSA) is 33.0 Å². The lowest BCUT2D eigenvalue weighted by Crippen LogP contribution is -1.96. The van der Waals surface area contributed by atoms with Crippen molar-refractivity contribution in [3.05, 3.63) is 21.9 Å². The van der Waals surface area contributed by atoms with E-state index in [0.717, 1.165) is 10.6 Å². The lowest BCUT2D eigenvalue weighted by molar-refractivity contribution is 0.360. The maximum absolute atomic E-state index is 8.57. The lowest BCUT2D eigenvalue weighted by Gasteiger charge is -2.05. The first-order chi connectivity index (χ1) is 5.40.